The predicted octanol–water partition coefficient (Wildman–Crippen LogP) is 1.66. The molecule has 1 amide bonds. The van der Waals surface area contributed by atoms with E-state index in [2.05, 4.69) is 22.9 Å². The number of fused-ring (bicyclic) bond motifs is 1. The van der Waals surface area contributed by atoms with Crippen molar-refractivity contribution in [2.75, 3.05) is 32.1 Å². The van der Waals surface area contributed by atoms with Crippen molar-refractivity contribution in [1.29, 1.82) is 0 Å². The van der Waals surface area contributed by atoms with Crippen LogP contribution < -0.4 is 10.2 Å². The Morgan fingerprint density at radius 1 is 1.42 bits per heavy atom. The van der Waals surface area contributed by atoms with E-state index in [0.717, 1.165) is 23.4 Å². The monoisotopic (exact) mass is 359 g/mol. The Hall–Kier alpha value is -2.54. The van der Waals surface area contributed by atoms with Crippen LogP contribution in [-0.4, -0.2) is 56.4 Å². The Morgan fingerprint density at radius 2 is 2.23 bits per heavy atom. The predicted molar refractivity (Wildman–Crippen MR) is 97.8 cm³/mol. The second-order valence-corrected chi connectivity index (χ2v) is 6.67. The van der Waals surface area contributed by atoms with Gasteiger partial charge in [-0.3, -0.25) is 9.69 Å². The molecule has 0 saturated carbocycles. The third-order valence-electron chi connectivity index (χ3n) is 4.87. The van der Waals surface area contributed by atoms with E-state index in [1.165, 1.54) is 7.11 Å². The first kappa shape index (κ1) is 18.3. The molecule has 7 heteroatoms. The zero-order valence-electron chi connectivity index (χ0n) is 15.2. The standard InChI is InChI=1S/C19H25N3O4/c1-4-8-21(2)17-7-5-6-13-11-22(12-15(13)17)19(24)26-14-9-16(20-10-14)18(23)25-3/h4-7,14,16,20H,1,8-12H2,2-3H3. The van der Waals surface area contributed by atoms with Gasteiger partial charge in [-0.1, -0.05) is 18.2 Å². The molecule has 0 spiro atoms. The molecule has 2 atom stereocenters. The highest BCUT2D eigenvalue weighted by molar-refractivity contribution is 5.76. The number of likely N-dealkylation sites (N-methyl/N-ethyl adjacent to an activating group) is 1. The Kier molecular flexibility index (Phi) is 5.46. The van der Waals surface area contributed by atoms with E-state index in [1.807, 2.05) is 25.3 Å². The molecular formula is C19H25N3O4. The summed E-state index contributed by atoms with van der Waals surface area (Å²) in [7, 11) is 3.36. The van der Waals surface area contributed by atoms with Crippen LogP contribution in [0.2, 0.25) is 0 Å². The SMILES string of the molecule is C=CCN(C)c1cccc2c1CN(C(=O)OC1CNC(C(=O)OC)C1)C2. The maximum Gasteiger partial charge on any atom is 0.410 e. The molecule has 3 rings (SSSR count). The summed E-state index contributed by atoms with van der Waals surface area (Å²) < 4.78 is 10.3. The average molecular weight is 359 g/mol. The van der Waals surface area contributed by atoms with Gasteiger partial charge in [-0.15, -0.1) is 6.58 Å². The van der Waals surface area contributed by atoms with Crippen LogP contribution in [0.15, 0.2) is 30.9 Å². The number of hydrogen-bond donors (Lipinski definition) is 1. The van der Waals surface area contributed by atoms with Crippen molar-refractivity contribution in [2.24, 2.45) is 0 Å². The largest absolute Gasteiger partial charge is 0.468 e. The summed E-state index contributed by atoms with van der Waals surface area (Å²) in [6.45, 7) is 6.03. The van der Waals surface area contributed by atoms with Gasteiger partial charge in [0.15, 0.2) is 0 Å². The molecule has 2 heterocycles. The number of esters is 1. The minimum Gasteiger partial charge on any atom is -0.468 e. The number of ether oxygens (including phenoxy) is 2. The summed E-state index contributed by atoms with van der Waals surface area (Å²) in [4.78, 5) is 27.9. The molecule has 0 bridgehead atoms. The molecule has 140 valence electrons. The van der Waals surface area contributed by atoms with E-state index < -0.39 is 6.04 Å². The van der Waals surface area contributed by atoms with Crippen molar-refractivity contribution in [3.63, 3.8) is 0 Å². The van der Waals surface area contributed by atoms with Crippen LogP contribution in [0.25, 0.3) is 0 Å². The van der Waals surface area contributed by atoms with E-state index >= 15 is 0 Å². The van der Waals surface area contributed by atoms with Crippen LogP contribution in [0, 0.1) is 0 Å². The fourth-order valence-electron chi connectivity index (χ4n) is 3.51. The molecule has 1 N–H and O–H groups in total. The molecule has 1 fully saturated rings. The van der Waals surface area contributed by atoms with E-state index in [4.69, 9.17) is 9.47 Å². The van der Waals surface area contributed by atoms with Gasteiger partial charge in [0.25, 0.3) is 0 Å². The van der Waals surface area contributed by atoms with Gasteiger partial charge < -0.3 is 19.7 Å². The molecule has 1 aromatic rings. The number of nitrogens with one attached hydrogen (secondary N) is 1. The van der Waals surface area contributed by atoms with Gasteiger partial charge >= 0.3 is 12.1 Å². The fourth-order valence-corrected chi connectivity index (χ4v) is 3.51. The lowest BCUT2D eigenvalue weighted by molar-refractivity contribution is -0.142. The van der Waals surface area contributed by atoms with Crippen molar-refractivity contribution in [3.8, 4) is 0 Å². The minimum absolute atomic E-state index is 0.321. The minimum atomic E-state index is -0.410. The van der Waals surface area contributed by atoms with Crippen LogP contribution in [0.3, 0.4) is 0 Å². The summed E-state index contributed by atoms with van der Waals surface area (Å²) in [6, 6.07) is 5.69. The van der Waals surface area contributed by atoms with Crippen LogP contribution >= 0.6 is 0 Å². The summed E-state index contributed by atoms with van der Waals surface area (Å²) in [5.74, 6) is -0.327. The van der Waals surface area contributed by atoms with Crippen LogP contribution in [-0.2, 0) is 27.4 Å². The van der Waals surface area contributed by atoms with Crippen molar-refractivity contribution < 1.29 is 19.1 Å². The smallest absolute Gasteiger partial charge is 0.410 e. The van der Waals surface area contributed by atoms with Crippen molar-refractivity contribution in [2.45, 2.75) is 31.7 Å². The van der Waals surface area contributed by atoms with Crippen LogP contribution in [0.5, 0.6) is 0 Å². The number of rotatable bonds is 5. The number of nitrogens with zero attached hydrogens (tertiary/aromatic N) is 2. The zero-order valence-corrected chi connectivity index (χ0v) is 15.2. The van der Waals surface area contributed by atoms with Gasteiger partial charge in [-0.2, -0.15) is 0 Å². The van der Waals surface area contributed by atoms with Crippen molar-refractivity contribution in [1.82, 2.24) is 10.2 Å². The Balaban J connectivity index is 1.61. The summed E-state index contributed by atoms with van der Waals surface area (Å²) in [6.07, 6.45) is 1.62. The quantitative estimate of drug-likeness (QED) is 0.637. The lowest BCUT2D eigenvalue weighted by atomic mass is 10.1. The normalized spacial score (nSPS) is 21.2. The van der Waals surface area contributed by atoms with Gasteiger partial charge in [-0.05, 0) is 17.2 Å². The Labute approximate surface area is 153 Å². The first-order chi connectivity index (χ1) is 12.5. The van der Waals surface area contributed by atoms with E-state index in [9.17, 15) is 9.59 Å². The topological polar surface area (TPSA) is 71.1 Å². The number of carbonyl (C=O) groups is 2. The van der Waals surface area contributed by atoms with Gasteiger partial charge in [0.1, 0.15) is 12.1 Å². The third-order valence-corrected chi connectivity index (χ3v) is 4.87. The number of methoxy groups -OCH3 is 1. The highest BCUT2D eigenvalue weighted by atomic mass is 16.6. The van der Waals surface area contributed by atoms with Crippen molar-refractivity contribution >= 4 is 17.7 Å². The Morgan fingerprint density at radius 3 is 2.96 bits per heavy atom. The van der Waals surface area contributed by atoms with E-state index in [-0.39, 0.29) is 18.2 Å². The number of carbonyl (C=O) groups excluding carboxylic acids is 2. The van der Waals surface area contributed by atoms with Crippen LogP contribution in [0.4, 0.5) is 10.5 Å². The molecular weight excluding hydrogens is 334 g/mol. The second-order valence-electron chi connectivity index (χ2n) is 6.67. The summed E-state index contributed by atoms with van der Waals surface area (Å²) in [5.41, 5.74) is 3.38. The van der Waals surface area contributed by atoms with E-state index in [0.29, 0.717) is 26.1 Å². The van der Waals surface area contributed by atoms with Gasteiger partial charge in [0.2, 0.25) is 0 Å². The number of hydrogen-bond acceptors (Lipinski definition) is 6. The molecule has 7 nitrogen and oxygen atoms in total. The molecule has 2 unspecified atom stereocenters. The average Bonchev–Trinajstić information content (AvgIpc) is 3.27. The zero-order chi connectivity index (χ0) is 18.7. The lowest BCUT2D eigenvalue weighted by Crippen LogP contribution is -2.31. The van der Waals surface area contributed by atoms with Crippen LogP contribution in [0.1, 0.15) is 17.5 Å². The first-order valence-corrected chi connectivity index (χ1v) is 8.73. The molecule has 2 aliphatic rings. The number of anilines is 1. The summed E-state index contributed by atoms with van der Waals surface area (Å²) in [5, 5.41) is 3.02. The fraction of sp³-hybridized carbons (Fsp3) is 0.474. The first-order valence-electron chi connectivity index (χ1n) is 8.73. The summed E-state index contributed by atoms with van der Waals surface area (Å²) >= 11 is 0. The third kappa shape index (κ3) is 3.67. The number of benzene rings is 1. The highest BCUT2D eigenvalue weighted by Gasteiger charge is 2.34. The molecule has 0 aliphatic carbocycles. The molecule has 0 radical (unpaired) electrons. The maximum absolute atomic E-state index is 12.6. The lowest BCUT2D eigenvalue weighted by Gasteiger charge is -2.21. The second kappa shape index (κ2) is 7.78. The van der Waals surface area contributed by atoms with E-state index in [1.54, 1.807) is 4.90 Å². The molecule has 26 heavy (non-hydrogen) atoms. The molecule has 2 aliphatic heterocycles. The van der Waals surface area contributed by atoms with Gasteiger partial charge in [0, 0.05) is 38.8 Å². The maximum atomic E-state index is 12.6. The Bertz CT molecular complexity index is 706. The van der Waals surface area contributed by atoms with Gasteiger partial charge in [0.05, 0.1) is 13.7 Å². The number of amides is 1. The van der Waals surface area contributed by atoms with Gasteiger partial charge in [-0.25, -0.2) is 4.79 Å². The molecule has 1 saturated heterocycles. The highest BCUT2D eigenvalue weighted by Crippen LogP contribution is 2.32. The molecule has 0 aromatic heterocycles. The molecule has 1 aromatic carbocycles. The van der Waals surface area contributed by atoms with Crippen molar-refractivity contribution in [3.05, 3.63) is 42.0 Å².